The third-order valence-corrected chi connectivity index (χ3v) is 3.24. The summed E-state index contributed by atoms with van der Waals surface area (Å²) in [6.07, 6.45) is 3.66. The smallest absolute Gasteiger partial charge is 0.246 e. The summed E-state index contributed by atoms with van der Waals surface area (Å²) in [6, 6.07) is 7.75. The van der Waals surface area contributed by atoms with Crippen LogP contribution in [0.3, 0.4) is 0 Å². The molecule has 1 atom stereocenters. The average Bonchev–Trinajstić information content (AvgIpc) is 2.73. The first-order valence-electron chi connectivity index (χ1n) is 5.56. The van der Waals surface area contributed by atoms with Gasteiger partial charge in [0, 0.05) is 23.6 Å². The lowest BCUT2D eigenvalue weighted by Gasteiger charge is -2.12. The average molecular weight is 296 g/mol. The molecule has 1 aliphatic heterocycles. The van der Waals surface area contributed by atoms with E-state index in [0.717, 1.165) is 10.0 Å². The molecule has 0 unspecified atom stereocenters. The van der Waals surface area contributed by atoms with Gasteiger partial charge in [-0.25, -0.2) is 0 Å². The Kier molecular flexibility index (Phi) is 3.97. The summed E-state index contributed by atoms with van der Waals surface area (Å²) in [5.41, 5.74) is 0.979. The van der Waals surface area contributed by atoms with Crippen molar-refractivity contribution in [3.63, 3.8) is 0 Å². The van der Waals surface area contributed by atoms with Gasteiger partial charge in [-0.05, 0) is 30.2 Å². The van der Waals surface area contributed by atoms with Crippen LogP contribution in [0, 0.1) is 0 Å². The first kappa shape index (κ1) is 12.3. The van der Waals surface area contributed by atoms with E-state index in [4.69, 9.17) is 0 Å². The van der Waals surface area contributed by atoms with Crippen LogP contribution in [-0.2, 0) is 4.79 Å². The third-order valence-electron chi connectivity index (χ3n) is 2.74. The zero-order valence-corrected chi connectivity index (χ0v) is 10.9. The summed E-state index contributed by atoms with van der Waals surface area (Å²) in [5, 5.41) is 9.35. The molecule has 0 radical (unpaired) electrons. The van der Waals surface area contributed by atoms with Crippen molar-refractivity contribution in [1.82, 2.24) is 4.90 Å². The van der Waals surface area contributed by atoms with Gasteiger partial charge in [0.1, 0.15) is 0 Å². The maximum atomic E-state index is 11.8. The predicted octanol–water partition coefficient (Wildman–Crippen LogP) is 2.06. The Morgan fingerprint density at radius 2 is 2.35 bits per heavy atom. The lowest BCUT2D eigenvalue weighted by atomic mass is 10.2. The first-order valence-corrected chi connectivity index (χ1v) is 6.35. The van der Waals surface area contributed by atoms with E-state index in [1.807, 2.05) is 24.3 Å². The zero-order chi connectivity index (χ0) is 12.3. The Hall–Kier alpha value is -1.13. The molecular weight excluding hydrogens is 282 g/mol. The van der Waals surface area contributed by atoms with E-state index in [-0.39, 0.29) is 12.0 Å². The van der Waals surface area contributed by atoms with E-state index in [2.05, 4.69) is 15.9 Å². The van der Waals surface area contributed by atoms with E-state index in [1.54, 1.807) is 17.1 Å². The molecule has 2 rings (SSSR count). The van der Waals surface area contributed by atoms with Crippen molar-refractivity contribution >= 4 is 27.9 Å². The zero-order valence-electron chi connectivity index (χ0n) is 9.34. The van der Waals surface area contributed by atoms with Crippen LogP contribution in [0.4, 0.5) is 0 Å². The van der Waals surface area contributed by atoms with Gasteiger partial charge in [-0.3, -0.25) is 4.79 Å². The van der Waals surface area contributed by atoms with Crippen LogP contribution in [0.1, 0.15) is 12.0 Å². The number of aliphatic hydroxyl groups excluding tert-OH is 1. The van der Waals surface area contributed by atoms with Crippen molar-refractivity contribution in [2.75, 3.05) is 13.1 Å². The number of likely N-dealkylation sites (tertiary alicyclic amines) is 1. The molecule has 1 fully saturated rings. The molecule has 0 spiro atoms. The van der Waals surface area contributed by atoms with E-state index in [9.17, 15) is 9.90 Å². The van der Waals surface area contributed by atoms with Gasteiger partial charge in [-0.15, -0.1) is 0 Å². The standard InChI is InChI=1S/C13H14BrNO2/c14-11-3-1-2-10(8-11)4-5-13(17)15-7-6-12(16)9-15/h1-5,8,12,16H,6-7,9H2/t12-/m0/s1. The number of carbonyl (C=O) groups excluding carboxylic acids is 1. The number of hydrogen-bond donors (Lipinski definition) is 1. The maximum absolute atomic E-state index is 11.8. The topological polar surface area (TPSA) is 40.5 Å². The number of amides is 1. The highest BCUT2D eigenvalue weighted by Crippen LogP contribution is 2.14. The van der Waals surface area contributed by atoms with Crippen molar-refractivity contribution in [2.45, 2.75) is 12.5 Å². The molecule has 90 valence electrons. The minimum absolute atomic E-state index is 0.0403. The van der Waals surface area contributed by atoms with E-state index in [1.165, 1.54) is 0 Å². The van der Waals surface area contributed by atoms with Gasteiger partial charge in [0.15, 0.2) is 0 Å². The van der Waals surface area contributed by atoms with Gasteiger partial charge >= 0.3 is 0 Å². The monoisotopic (exact) mass is 295 g/mol. The van der Waals surface area contributed by atoms with Gasteiger partial charge in [-0.1, -0.05) is 28.1 Å². The van der Waals surface area contributed by atoms with Gasteiger partial charge in [0.05, 0.1) is 6.10 Å². The van der Waals surface area contributed by atoms with Gasteiger partial charge in [-0.2, -0.15) is 0 Å². The second-order valence-electron chi connectivity index (χ2n) is 4.12. The quantitative estimate of drug-likeness (QED) is 0.849. The number of carbonyl (C=O) groups is 1. The fourth-order valence-corrected chi connectivity index (χ4v) is 2.24. The number of nitrogens with zero attached hydrogens (tertiary/aromatic N) is 1. The first-order chi connectivity index (χ1) is 8.15. The van der Waals surface area contributed by atoms with Crippen LogP contribution < -0.4 is 0 Å². The van der Waals surface area contributed by atoms with E-state index < -0.39 is 0 Å². The van der Waals surface area contributed by atoms with Crippen molar-refractivity contribution in [1.29, 1.82) is 0 Å². The van der Waals surface area contributed by atoms with Gasteiger partial charge in [0.2, 0.25) is 5.91 Å². The van der Waals surface area contributed by atoms with Crippen LogP contribution in [0.25, 0.3) is 6.08 Å². The minimum Gasteiger partial charge on any atom is -0.391 e. The summed E-state index contributed by atoms with van der Waals surface area (Å²) >= 11 is 3.38. The Morgan fingerprint density at radius 1 is 1.53 bits per heavy atom. The van der Waals surface area contributed by atoms with Crippen molar-refractivity contribution in [3.8, 4) is 0 Å². The van der Waals surface area contributed by atoms with Crippen molar-refractivity contribution in [2.24, 2.45) is 0 Å². The second kappa shape index (κ2) is 5.47. The molecule has 1 heterocycles. The normalized spacial score (nSPS) is 20.1. The molecule has 0 saturated carbocycles. The fraction of sp³-hybridized carbons (Fsp3) is 0.308. The molecule has 1 amide bonds. The number of β-amino-alcohol motifs (C(OH)–C–C–N with tert-alkyl or cyclic N) is 1. The molecule has 1 aromatic rings. The largest absolute Gasteiger partial charge is 0.391 e. The summed E-state index contributed by atoms with van der Waals surface area (Å²) in [4.78, 5) is 13.4. The number of benzene rings is 1. The maximum Gasteiger partial charge on any atom is 0.246 e. The SMILES string of the molecule is O=C(C=Cc1cccc(Br)c1)N1CC[C@H](O)C1. The van der Waals surface area contributed by atoms with Crippen LogP contribution in [0.2, 0.25) is 0 Å². The minimum atomic E-state index is -0.363. The Bertz CT molecular complexity index is 445. The highest BCUT2D eigenvalue weighted by atomic mass is 79.9. The molecule has 1 aromatic carbocycles. The Labute approximate surface area is 109 Å². The third kappa shape index (κ3) is 3.41. The van der Waals surface area contributed by atoms with Crippen LogP contribution in [0.15, 0.2) is 34.8 Å². The summed E-state index contributed by atoms with van der Waals surface area (Å²) in [5.74, 6) is -0.0403. The van der Waals surface area contributed by atoms with Crippen LogP contribution in [-0.4, -0.2) is 35.1 Å². The molecule has 1 aliphatic rings. The Morgan fingerprint density at radius 3 is 3.00 bits per heavy atom. The fourth-order valence-electron chi connectivity index (χ4n) is 1.83. The van der Waals surface area contributed by atoms with Gasteiger partial charge in [0.25, 0.3) is 0 Å². The number of aliphatic hydroxyl groups is 1. The molecule has 1 saturated heterocycles. The second-order valence-corrected chi connectivity index (χ2v) is 5.03. The lowest BCUT2D eigenvalue weighted by Crippen LogP contribution is -2.27. The molecule has 1 N–H and O–H groups in total. The summed E-state index contributed by atoms with van der Waals surface area (Å²) in [7, 11) is 0. The predicted molar refractivity (Wildman–Crippen MR) is 70.4 cm³/mol. The number of hydrogen-bond acceptors (Lipinski definition) is 2. The van der Waals surface area contributed by atoms with E-state index >= 15 is 0 Å². The Balaban J connectivity index is 1.98. The van der Waals surface area contributed by atoms with E-state index in [0.29, 0.717) is 19.5 Å². The highest BCUT2D eigenvalue weighted by molar-refractivity contribution is 9.10. The molecule has 3 nitrogen and oxygen atoms in total. The molecule has 17 heavy (non-hydrogen) atoms. The lowest BCUT2D eigenvalue weighted by molar-refractivity contribution is -0.125. The molecule has 4 heteroatoms. The van der Waals surface area contributed by atoms with Gasteiger partial charge < -0.3 is 10.0 Å². The highest BCUT2D eigenvalue weighted by Gasteiger charge is 2.22. The molecular formula is C13H14BrNO2. The number of halogens is 1. The molecule has 0 aliphatic carbocycles. The van der Waals surface area contributed by atoms with Crippen molar-refractivity contribution in [3.05, 3.63) is 40.4 Å². The summed E-state index contributed by atoms with van der Waals surface area (Å²) < 4.78 is 0.990. The molecule has 0 aromatic heterocycles. The summed E-state index contributed by atoms with van der Waals surface area (Å²) in [6.45, 7) is 1.09. The molecule has 0 bridgehead atoms. The van der Waals surface area contributed by atoms with Crippen LogP contribution in [0.5, 0.6) is 0 Å². The van der Waals surface area contributed by atoms with Crippen molar-refractivity contribution < 1.29 is 9.90 Å². The number of rotatable bonds is 2. The van der Waals surface area contributed by atoms with Crippen LogP contribution >= 0.6 is 15.9 Å².